The lowest BCUT2D eigenvalue weighted by Crippen LogP contribution is -2.34. The van der Waals surface area contributed by atoms with Crippen LogP contribution in [-0.4, -0.2) is 25.0 Å². The molecule has 0 saturated heterocycles. The second-order valence-electron chi connectivity index (χ2n) is 3.30. The first-order chi connectivity index (χ1) is 8.90. The molecule has 0 radical (unpaired) electrons. The van der Waals surface area contributed by atoms with Crippen molar-refractivity contribution in [3.63, 3.8) is 0 Å². The Morgan fingerprint density at radius 1 is 1.32 bits per heavy atom. The van der Waals surface area contributed by atoms with Gasteiger partial charge in [-0.25, -0.2) is 9.22 Å². The van der Waals surface area contributed by atoms with Crippen LogP contribution in [0.5, 0.6) is 0 Å². The van der Waals surface area contributed by atoms with E-state index >= 15 is 0 Å². The van der Waals surface area contributed by atoms with Crippen LogP contribution in [0.1, 0.15) is 0 Å². The second kappa shape index (κ2) is 6.03. The number of hydrogen-bond donors (Lipinski definition) is 0. The van der Waals surface area contributed by atoms with Crippen LogP contribution in [0.4, 0.5) is 13.2 Å². The van der Waals surface area contributed by atoms with Gasteiger partial charge in [-0.15, -0.1) is 6.26 Å². The summed E-state index contributed by atoms with van der Waals surface area (Å²) in [6.45, 7) is 0. The van der Waals surface area contributed by atoms with E-state index < -0.39 is 17.9 Å². The van der Waals surface area contributed by atoms with Crippen LogP contribution in [0.3, 0.4) is 0 Å². The zero-order valence-corrected chi connectivity index (χ0v) is 9.73. The number of ketones is 1. The monoisotopic (exact) mass is 274 g/mol. The molecule has 0 spiro atoms. The van der Waals surface area contributed by atoms with Crippen molar-refractivity contribution in [1.29, 1.82) is 0 Å². The molecule has 0 saturated carbocycles. The highest BCUT2D eigenvalue weighted by Crippen LogP contribution is 2.17. The van der Waals surface area contributed by atoms with E-state index in [1.54, 1.807) is 0 Å². The number of rotatable bonds is 2. The predicted molar refractivity (Wildman–Crippen MR) is 57.7 cm³/mol. The Balaban J connectivity index is 3.37. The fraction of sp³-hybridized carbons (Fsp3) is 0.167. The number of ether oxygens (including phenoxy) is 1. The fourth-order valence-corrected chi connectivity index (χ4v) is 1.17. The highest BCUT2D eigenvalue weighted by molar-refractivity contribution is 6.36. The largest absolute Gasteiger partial charge is 0.877 e. The van der Waals surface area contributed by atoms with Gasteiger partial charge in [0.15, 0.2) is 0 Å². The zero-order valence-electron chi connectivity index (χ0n) is 9.73. The molecular weight excluding hydrogens is 265 g/mol. The van der Waals surface area contributed by atoms with Crippen molar-refractivity contribution in [2.75, 3.05) is 7.11 Å². The van der Waals surface area contributed by atoms with Crippen molar-refractivity contribution in [3.8, 4) is 0 Å². The number of halogens is 3. The van der Waals surface area contributed by atoms with E-state index in [2.05, 4.69) is 9.16 Å². The number of hydrogen-bond acceptors (Lipinski definition) is 3. The van der Waals surface area contributed by atoms with E-state index in [4.69, 9.17) is 0 Å². The SMILES string of the molecule is COC(=O)C(=[O+]/C=c1/cccc/c1=C/[O-])C(F)(F)F. The van der Waals surface area contributed by atoms with E-state index in [0.717, 1.165) is 7.11 Å². The smallest absolute Gasteiger partial charge is 0.518 e. The third kappa shape index (κ3) is 3.84. The maximum absolute atomic E-state index is 12.5. The molecule has 102 valence electrons. The number of methoxy groups -OCH3 is 1. The van der Waals surface area contributed by atoms with Gasteiger partial charge in [0.2, 0.25) is 0 Å². The minimum atomic E-state index is -4.99. The quantitative estimate of drug-likeness (QED) is 0.409. The third-order valence-corrected chi connectivity index (χ3v) is 2.05. The first-order valence-corrected chi connectivity index (χ1v) is 4.96. The lowest BCUT2D eigenvalue weighted by molar-refractivity contribution is -0.347. The molecule has 0 fully saturated rings. The van der Waals surface area contributed by atoms with Gasteiger partial charge in [-0.2, -0.15) is 13.2 Å². The standard InChI is InChI=1S/C12H9F3O4/c1-18-11(17)10(12(13,14)15)19-7-9-5-3-2-4-8(9)6-16/h2-7H,1H3. The number of carbonyl (C=O) groups excluding carboxylic acids is 2. The normalized spacial score (nSPS) is 14.6. The van der Waals surface area contributed by atoms with Gasteiger partial charge < -0.3 is 9.84 Å². The van der Waals surface area contributed by atoms with Crippen LogP contribution in [0.15, 0.2) is 24.3 Å². The topological polar surface area (TPSA) is 60.7 Å². The molecule has 4 nitrogen and oxygen atoms in total. The van der Waals surface area contributed by atoms with Gasteiger partial charge in [0.25, 0.3) is 0 Å². The molecule has 0 aliphatic heterocycles. The Morgan fingerprint density at radius 3 is 2.37 bits per heavy atom. The first kappa shape index (κ1) is 14.7. The molecule has 0 heterocycles. The summed E-state index contributed by atoms with van der Waals surface area (Å²) in [5.74, 6) is -3.46. The Kier molecular flexibility index (Phi) is 4.68. The van der Waals surface area contributed by atoms with Crippen LogP contribution in [0.2, 0.25) is 0 Å². The maximum Gasteiger partial charge on any atom is 0.518 e. The molecule has 7 heteroatoms. The van der Waals surface area contributed by atoms with E-state index in [1.807, 2.05) is 0 Å². The minimum absolute atomic E-state index is 0.114. The van der Waals surface area contributed by atoms with Gasteiger partial charge in [0, 0.05) is 0 Å². The number of benzene rings is 1. The highest BCUT2D eigenvalue weighted by atomic mass is 19.4. The van der Waals surface area contributed by atoms with Crippen LogP contribution >= 0.6 is 0 Å². The molecule has 0 aromatic heterocycles. The molecule has 19 heavy (non-hydrogen) atoms. The average Bonchev–Trinajstić information content (AvgIpc) is 2.37. The van der Waals surface area contributed by atoms with Crippen molar-refractivity contribution >= 4 is 24.3 Å². The van der Waals surface area contributed by atoms with Crippen molar-refractivity contribution in [1.82, 2.24) is 0 Å². The molecule has 1 rings (SSSR count). The Morgan fingerprint density at radius 2 is 1.89 bits per heavy atom. The number of carbonyl (C=O) groups is 1. The lowest BCUT2D eigenvalue weighted by Gasteiger charge is -1.97. The predicted octanol–water partition coefficient (Wildman–Crippen LogP) is -0.637. The summed E-state index contributed by atoms with van der Waals surface area (Å²) in [6, 6.07) is 5.81. The number of alkyl halides is 3. The molecule has 0 amide bonds. The Labute approximate surface area is 105 Å². The van der Waals surface area contributed by atoms with Crippen molar-refractivity contribution in [3.05, 3.63) is 34.7 Å². The molecule has 0 aliphatic rings. The van der Waals surface area contributed by atoms with E-state index in [0.29, 0.717) is 12.5 Å². The Hall–Kier alpha value is -2.31. The molecule has 0 unspecified atom stereocenters. The lowest BCUT2D eigenvalue weighted by atomic mass is 10.2. The minimum Gasteiger partial charge on any atom is -0.877 e. The molecular formula is C12H9F3O4. The van der Waals surface area contributed by atoms with Crippen molar-refractivity contribution in [2.24, 2.45) is 0 Å². The summed E-state index contributed by atoms with van der Waals surface area (Å²) in [4.78, 5) is 10.9. The van der Waals surface area contributed by atoms with Gasteiger partial charge in [0.1, 0.15) is 0 Å². The molecule has 0 atom stereocenters. The number of esters is 1. The summed E-state index contributed by atoms with van der Waals surface area (Å²) < 4.78 is 45.8. The molecule has 0 bridgehead atoms. The van der Waals surface area contributed by atoms with Gasteiger partial charge in [0.05, 0.1) is 12.3 Å². The van der Waals surface area contributed by atoms with E-state index in [-0.39, 0.29) is 10.4 Å². The molecule has 1 aromatic carbocycles. The summed E-state index contributed by atoms with van der Waals surface area (Å²) in [5, 5.41) is 10.9. The van der Waals surface area contributed by atoms with E-state index in [9.17, 15) is 23.1 Å². The Bertz CT molecular complexity index is 602. The summed E-state index contributed by atoms with van der Waals surface area (Å²) in [6.07, 6.45) is -3.86. The summed E-state index contributed by atoms with van der Waals surface area (Å²) in [7, 11) is 0.802. The van der Waals surface area contributed by atoms with Crippen molar-refractivity contribution in [2.45, 2.75) is 6.18 Å². The summed E-state index contributed by atoms with van der Waals surface area (Å²) >= 11 is 0. The highest BCUT2D eigenvalue weighted by Gasteiger charge is 2.53. The van der Waals surface area contributed by atoms with Crippen LogP contribution in [0, 0.1) is 0 Å². The average molecular weight is 274 g/mol. The molecule has 0 N–H and O–H groups in total. The molecule has 0 aliphatic carbocycles. The van der Waals surface area contributed by atoms with Gasteiger partial charge in [-0.1, -0.05) is 18.2 Å². The third-order valence-electron chi connectivity index (χ3n) is 2.05. The first-order valence-electron chi connectivity index (χ1n) is 4.96. The van der Waals surface area contributed by atoms with Gasteiger partial charge >= 0.3 is 24.2 Å². The second-order valence-corrected chi connectivity index (χ2v) is 3.30. The molecule has 1 aromatic rings. The van der Waals surface area contributed by atoms with Crippen LogP contribution in [-0.2, 0) is 14.0 Å². The van der Waals surface area contributed by atoms with E-state index in [1.165, 1.54) is 24.3 Å². The van der Waals surface area contributed by atoms with Gasteiger partial charge in [-0.3, -0.25) is 0 Å². The maximum atomic E-state index is 12.5. The fourth-order valence-electron chi connectivity index (χ4n) is 1.17. The zero-order chi connectivity index (χ0) is 14.5. The summed E-state index contributed by atoms with van der Waals surface area (Å²) in [5.41, 5.74) is 0. The van der Waals surface area contributed by atoms with Gasteiger partial charge in [-0.05, 0) is 11.3 Å². The van der Waals surface area contributed by atoms with Crippen molar-refractivity contribution < 1.29 is 32.2 Å². The van der Waals surface area contributed by atoms with Crippen LogP contribution < -0.4 is 15.5 Å². The van der Waals surface area contributed by atoms with Crippen LogP contribution in [0.25, 0.3) is 12.5 Å².